The van der Waals surface area contributed by atoms with E-state index in [9.17, 15) is 0 Å². The highest BCUT2D eigenvalue weighted by atomic mass is 35.5. The van der Waals surface area contributed by atoms with E-state index >= 15 is 0 Å². The zero-order valence-electron chi connectivity index (χ0n) is 17.5. The number of aromatic nitrogens is 2. The van der Waals surface area contributed by atoms with Crippen molar-refractivity contribution in [2.75, 3.05) is 23.4 Å². The molecule has 1 aliphatic heterocycles. The molecular weight excluding hydrogens is 439 g/mol. The van der Waals surface area contributed by atoms with Gasteiger partial charge in [-0.15, -0.1) is 0 Å². The van der Waals surface area contributed by atoms with Crippen molar-refractivity contribution < 1.29 is 17.0 Å². The van der Waals surface area contributed by atoms with Crippen molar-refractivity contribution in [1.82, 2.24) is 4.57 Å². The SMILES string of the molecule is CCN1/C(=C\C=C\c2n(C)c3cc(Cl)ccc3[n+]2CC)N(C)c2cc(Cl)ccc21.[Cl-]. The lowest BCUT2D eigenvalue weighted by molar-refractivity contribution is -0.670. The van der Waals surface area contributed by atoms with Crippen LogP contribution in [0.3, 0.4) is 0 Å². The van der Waals surface area contributed by atoms with E-state index in [4.69, 9.17) is 23.2 Å². The lowest BCUT2D eigenvalue weighted by atomic mass is 10.2. The monoisotopic (exact) mass is 462 g/mol. The van der Waals surface area contributed by atoms with Crippen LogP contribution in [0.1, 0.15) is 19.7 Å². The van der Waals surface area contributed by atoms with Crippen molar-refractivity contribution >= 4 is 51.7 Å². The maximum absolute atomic E-state index is 6.22. The Morgan fingerprint density at radius 1 is 0.967 bits per heavy atom. The maximum atomic E-state index is 6.22. The predicted molar refractivity (Wildman–Crippen MR) is 124 cm³/mol. The Hall–Kier alpha value is -2.14. The third-order valence-corrected chi connectivity index (χ3v) is 6.01. The highest BCUT2D eigenvalue weighted by Gasteiger charge is 2.27. The molecule has 0 bridgehead atoms. The summed E-state index contributed by atoms with van der Waals surface area (Å²) in [4.78, 5) is 4.48. The molecule has 1 aromatic heterocycles. The number of nitrogens with zero attached hydrogens (tertiary/aromatic N) is 4. The smallest absolute Gasteiger partial charge is 0.282 e. The highest BCUT2D eigenvalue weighted by molar-refractivity contribution is 6.31. The fraction of sp³-hybridized carbons (Fsp3) is 0.261. The number of hydrogen-bond donors (Lipinski definition) is 0. The summed E-state index contributed by atoms with van der Waals surface area (Å²) >= 11 is 12.4. The minimum Gasteiger partial charge on any atom is -1.00 e. The average Bonchev–Trinajstić information content (AvgIpc) is 3.13. The summed E-state index contributed by atoms with van der Waals surface area (Å²) in [6.07, 6.45) is 6.42. The highest BCUT2D eigenvalue weighted by Crippen LogP contribution is 2.41. The Bertz CT molecular complexity index is 1150. The van der Waals surface area contributed by atoms with Crippen molar-refractivity contribution in [2.45, 2.75) is 20.4 Å². The van der Waals surface area contributed by atoms with Crippen LogP contribution in [0.25, 0.3) is 17.1 Å². The molecular formula is C23H25Cl3N4. The Kier molecular flexibility index (Phi) is 6.71. The van der Waals surface area contributed by atoms with Crippen LogP contribution in [0.5, 0.6) is 0 Å². The molecule has 0 N–H and O–H groups in total. The standard InChI is InChI=1S/C23H25Cl2N4.ClH/c1-5-28-18-12-10-16(24)14-20(18)26(3)22(28)8-7-9-23-27(4)21-15-17(25)11-13-19(21)29(23)6-2;/h7-15H,5-6H2,1-4H3;1H/q+1;/p-1. The summed E-state index contributed by atoms with van der Waals surface area (Å²) in [5.41, 5.74) is 4.62. The Morgan fingerprint density at radius 2 is 1.67 bits per heavy atom. The third kappa shape index (κ3) is 3.68. The van der Waals surface area contributed by atoms with Gasteiger partial charge in [0, 0.05) is 35.8 Å². The molecule has 4 rings (SSSR count). The number of hydrogen-bond acceptors (Lipinski definition) is 2. The fourth-order valence-electron chi connectivity index (χ4n) is 4.13. The zero-order chi connectivity index (χ0) is 20.7. The van der Waals surface area contributed by atoms with Crippen LogP contribution in [-0.4, -0.2) is 18.2 Å². The lowest BCUT2D eigenvalue weighted by Crippen LogP contribution is -3.00. The first-order chi connectivity index (χ1) is 14.0. The molecule has 0 spiro atoms. The molecule has 4 nitrogen and oxygen atoms in total. The number of anilines is 2. The first kappa shape index (κ1) is 22.5. The van der Waals surface area contributed by atoms with Gasteiger partial charge in [0.2, 0.25) is 0 Å². The number of fused-ring (bicyclic) bond motifs is 2. The van der Waals surface area contributed by atoms with Crippen LogP contribution in [-0.2, 0) is 13.6 Å². The summed E-state index contributed by atoms with van der Waals surface area (Å²) in [6, 6.07) is 12.1. The average molecular weight is 464 g/mol. The second kappa shape index (κ2) is 8.93. The quantitative estimate of drug-likeness (QED) is 0.553. The van der Waals surface area contributed by atoms with E-state index in [0.29, 0.717) is 0 Å². The summed E-state index contributed by atoms with van der Waals surface area (Å²) in [5.74, 6) is 2.26. The van der Waals surface area contributed by atoms with Crippen molar-refractivity contribution in [3.8, 4) is 0 Å². The van der Waals surface area contributed by atoms with Crippen LogP contribution in [0.15, 0.2) is 54.4 Å². The van der Waals surface area contributed by atoms with Crippen LogP contribution >= 0.6 is 23.2 Å². The number of allylic oxidation sites excluding steroid dienone is 2. The molecule has 2 heterocycles. The van der Waals surface area contributed by atoms with Gasteiger partial charge in [-0.25, -0.2) is 9.13 Å². The second-order valence-corrected chi connectivity index (χ2v) is 7.99. The number of imidazole rings is 1. The first-order valence-corrected chi connectivity index (χ1v) is 10.6. The molecule has 2 aromatic carbocycles. The van der Waals surface area contributed by atoms with E-state index in [1.54, 1.807) is 0 Å². The topological polar surface area (TPSA) is 15.3 Å². The van der Waals surface area contributed by atoms with E-state index in [0.717, 1.165) is 46.0 Å². The maximum Gasteiger partial charge on any atom is 0.282 e. The zero-order valence-corrected chi connectivity index (χ0v) is 19.8. The molecule has 0 atom stereocenters. The van der Waals surface area contributed by atoms with E-state index in [1.165, 1.54) is 11.2 Å². The molecule has 0 saturated heterocycles. The molecule has 7 heteroatoms. The minimum absolute atomic E-state index is 0. The van der Waals surface area contributed by atoms with Gasteiger partial charge in [-0.3, -0.25) is 0 Å². The summed E-state index contributed by atoms with van der Waals surface area (Å²) in [7, 11) is 4.16. The molecule has 0 amide bonds. The molecule has 0 aliphatic carbocycles. The van der Waals surface area contributed by atoms with E-state index in [-0.39, 0.29) is 12.4 Å². The third-order valence-electron chi connectivity index (χ3n) is 5.54. The van der Waals surface area contributed by atoms with Gasteiger partial charge in [0.05, 0.1) is 25.0 Å². The molecule has 3 aromatic rings. The summed E-state index contributed by atoms with van der Waals surface area (Å²) < 4.78 is 4.48. The van der Waals surface area contributed by atoms with Gasteiger partial charge in [0.15, 0.2) is 11.0 Å². The molecule has 0 radical (unpaired) electrons. The van der Waals surface area contributed by atoms with E-state index < -0.39 is 0 Å². The van der Waals surface area contributed by atoms with E-state index in [1.807, 2.05) is 24.3 Å². The summed E-state index contributed by atoms with van der Waals surface area (Å²) in [6.45, 7) is 6.10. The summed E-state index contributed by atoms with van der Waals surface area (Å²) in [5, 5.41) is 1.50. The van der Waals surface area contributed by atoms with Gasteiger partial charge in [-0.1, -0.05) is 29.3 Å². The normalized spacial score (nSPS) is 14.8. The van der Waals surface area contributed by atoms with Gasteiger partial charge >= 0.3 is 0 Å². The molecule has 158 valence electrons. The number of rotatable bonds is 4. The van der Waals surface area contributed by atoms with Gasteiger partial charge in [-0.2, -0.15) is 0 Å². The van der Waals surface area contributed by atoms with Gasteiger partial charge in [0.1, 0.15) is 5.82 Å². The van der Waals surface area contributed by atoms with Crippen molar-refractivity contribution in [1.29, 1.82) is 0 Å². The number of benzene rings is 2. The van der Waals surface area contributed by atoms with Gasteiger partial charge < -0.3 is 22.2 Å². The van der Waals surface area contributed by atoms with Crippen molar-refractivity contribution in [3.63, 3.8) is 0 Å². The van der Waals surface area contributed by atoms with E-state index in [2.05, 4.69) is 77.2 Å². The fourth-order valence-corrected chi connectivity index (χ4v) is 4.46. The Balaban J connectivity index is 0.00000256. The molecule has 0 fully saturated rings. The molecule has 1 aliphatic rings. The number of halogens is 3. The van der Waals surface area contributed by atoms with Crippen LogP contribution in [0.4, 0.5) is 11.4 Å². The Morgan fingerprint density at radius 3 is 2.37 bits per heavy atom. The van der Waals surface area contributed by atoms with Crippen molar-refractivity contribution in [3.05, 3.63) is 70.2 Å². The molecule has 0 saturated carbocycles. The van der Waals surface area contributed by atoms with Crippen LogP contribution in [0.2, 0.25) is 10.0 Å². The second-order valence-electron chi connectivity index (χ2n) is 7.11. The van der Waals surface area contributed by atoms with Crippen LogP contribution < -0.4 is 26.8 Å². The Labute approximate surface area is 194 Å². The predicted octanol–water partition coefficient (Wildman–Crippen LogP) is 2.63. The minimum atomic E-state index is 0. The largest absolute Gasteiger partial charge is 1.00 e. The lowest BCUT2D eigenvalue weighted by Gasteiger charge is -2.20. The molecule has 30 heavy (non-hydrogen) atoms. The van der Waals surface area contributed by atoms with Crippen molar-refractivity contribution in [2.24, 2.45) is 7.05 Å². The number of aryl methyl sites for hydroxylation is 2. The van der Waals surface area contributed by atoms with Gasteiger partial charge in [-0.05, 0) is 50.3 Å². The first-order valence-electron chi connectivity index (χ1n) is 9.83. The van der Waals surface area contributed by atoms with Crippen LogP contribution in [0, 0.1) is 0 Å². The molecule has 0 unspecified atom stereocenters. The van der Waals surface area contributed by atoms with Gasteiger partial charge in [0.25, 0.3) is 5.82 Å².